The number of hydrazone groups is 1. The molecule has 0 atom stereocenters. The maximum absolute atomic E-state index is 5.73. The second-order valence-electron chi connectivity index (χ2n) is 3.67. The Morgan fingerprint density at radius 2 is 2.33 bits per heavy atom. The molecule has 0 radical (unpaired) electrons. The highest BCUT2D eigenvalue weighted by molar-refractivity contribution is 6.69. The lowest BCUT2D eigenvalue weighted by molar-refractivity contribution is 1.09. The van der Waals surface area contributed by atoms with Crippen LogP contribution < -0.4 is 11.2 Å². The molecule has 92 valence electrons. The average molecular weight is 242 g/mol. The van der Waals surface area contributed by atoms with E-state index in [-0.39, 0.29) is 0 Å². The monoisotopic (exact) mass is 242 g/mol. The Morgan fingerprint density at radius 3 is 3.06 bits per heavy atom. The molecule has 1 aromatic heterocycles. The maximum Gasteiger partial charge on any atom is 0.175 e. The number of nitrogens with one attached hydrogen (secondary N) is 1. The number of allylic oxidation sites excluding steroid dienone is 1. The van der Waals surface area contributed by atoms with Crippen LogP contribution in [0, 0.1) is 0 Å². The molecule has 0 fully saturated rings. The molecule has 3 N–H and O–H groups in total. The summed E-state index contributed by atoms with van der Waals surface area (Å²) in [6.45, 7) is 3.67. The first-order chi connectivity index (χ1) is 8.81. The zero-order valence-electron chi connectivity index (χ0n) is 9.87. The number of hydrogen-bond acceptors (Lipinski definition) is 6. The Hall–Kier alpha value is -2.50. The molecule has 18 heavy (non-hydrogen) atoms. The molecule has 2 rings (SSSR count). The molecule has 0 saturated carbocycles. The lowest BCUT2D eigenvalue weighted by atomic mass is 10.1. The molecular formula is C12H14N6. The van der Waals surface area contributed by atoms with Crippen molar-refractivity contribution in [2.45, 2.75) is 12.8 Å². The van der Waals surface area contributed by atoms with Gasteiger partial charge in [-0.1, -0.05) is 6.08 Å². The van der Waals surface area contributed by atoms with Crippen LogP contribution in [0.3, 0.4) is 0 Å². The molecule has 1 aliphatic heterocycles. The molecule has 0 aliphatic carbocycles. The molecule has 0 bridgehead atoms. The number of hydrogen-bond donors (Lipinski definition) is 2. The Morgan fingerprint density at radius 1 is 1.44 bits per heavy atom. The van der Waals surface area contributed by atoms with E-state index < -0.39 is 0 Å². The summed E-state index contributed by atoms with van der Waals surface area (Å²) in [6.07, 6.45) is 6.73. The molecule has 0 spiro atoms. The van der Waals surface area contributed by atoms with E-state index in [1.807, 2.05) is 18.2 Å². The maximum atomic E-state index is 5.73. The van der Waals surface area contributed by atoms with Gasteiger partial charge in [0, 0.05) is 6.20 Å². The number of pyridine rings is 1. The Bertz CT molecular complexity index is 515. The van der Waals surface area contributed by atoms with Crippen molar-refractivity contribution in [2.75, 3.05) is 5.43 Å². The number of nitrogens with two attached hydrogens (primary N) is 1. The van der Waals surface area contributed by atoms with Gasteiger partial charge in [0.1, 0.15) is 0 Å². The summed E-state index contributed by atoms with van der Waals surface area (Å²) in [7, 11) is 0. The molecule has 6 nitrogen and oxygen atoms in total. The molecule has 1 aromatic rings. The summed E-state index contributed by atoms with van der Waals surface area (Å²) in [6, 6.07) is 3.68. The summed E-state index contributed by atoms with van der Waals surface area (Å²) < 4.78 is 0. The van der Waals surface area contributed by atoms with Crippen LogP contribution in [0.15, 0.2) is 52.5 Å². The van der Waals surface area contributed by atoms with Crippen LogP contribution in [0.5, 0.6) is 0 Å². The molecule has 0 aromatic carbocycles. The van der Waals surface area contributed by atoms with Gasteiger partial charge in [-0.05, 0) is 25.0 Å². The second-order valence-corrected chi connectivity index (χ2v) is 3.67. The van der Waals surface area contributed by atoms with E-state index >= 15 is 0 Å². The first kappa shape index (κ1) is 12.0. The average Bonchev–Trinajstić information content (AvgIpc) is 2.76. The van der Waals surface area contributed by atoms with Gasteiger partial charge >= 0.3 is 0 Å². The van der Waals surface area contributed by atoms with Crippen LogP contribution >= 0.6 is 0 Å². The summed E-state index contributed by atoms with van der Waals surface area (Å²) >= 11 is 0. The first-order valence-corrected chi connectivity index (χ1v) is 5.56. The van der Waals surface area contributed by atoms with Gasteiger partial charge in [-0.2, -0.15) is 10.2 Å². The van der Waals surface area contributed by atoms with E-state index in [0.717, 1.165) is 24.2 Å². The molecule has 0 unspecified atom stereocenters. The Balaban J connectivity index is 2.08. The minimum atomic E-state index is 0.324. The number of aromatic nitrogens is 1. The molecule has 1 aliphatic rings. The summed E-state index contributed by atoms with van der Waals surface area (Å²) in [5.41, 5.74) is 10.7. The van der Waals surface area contributed by atoms with Crippen molar-refractivity contribution in [3.8, 4) is 0 Å². The van der Waals surface area contributed by atoms with Gasteiger partial charge in [0.05, 0.1) is 17.6 Å². The third kappa shape index (κ3) is 2.79. The van der Waals surface area contributed by atoms with Crippen LogP contribution in [0.25, 0.3) is 0 Å². The number of amidine groups is 1. The third-order valence-electron chi connectivity index (χ3n) is 2.34. The SMILES string of the molecule is C=CCCC1=NN=C(N)/C1=N/Nc1cccnc1. The van der Waals surface area contributed by atoms with E-state index in [2.05, 4.69) is 32.3 Å². The van der Waals surface area contributed by atoms with Crippen LogP contribution in [-0.2, 0) is 0 Å². The predicted molar refractivity (Wildman–Crippen MR) is 73.8 cm³/mol. The topological polar surface area (TPSA) is 88.0 Å². The number of anilines is 1. The van der Waals surface area contributed by atoms with E-state index in [1.165, 1.54) is 0 Å². The normalized spacial score (nSPS) is 16.3. The van der Waals surface area contributed by atoms with E-state index in [4.69, 9.17) is 5.73 Å². The van der Waals surface area contributed by atoms with Crippen molar-refractivity contribution < 1.29 is 0 Å². The zero-order valence-corrected chi connectivity index (χ0v) is 9.87. The van der Waals surface area contributed by atoms with Crippen LogP contribution in [-0.4, -0.2) is 22.2 Å². The standard InChI is InChI=1S/C12H14N6/c1-2-3-6-10-11(12(13)18-16-10)17-15-9-5-4-7-14-8-9/h2,4-5,7-8,15H,1,3,6H2,(H2,13,17,18). The van der Waals surface area contributed by atoms with Gasteiger partial charge < -0.3 is 5.73 Å². The summed E-state index contributed by atoms with van der Waals surface area (Å²) in [5, 5.41) is 12.0. The largest absolute Gasteiger partial charge is 0.380 e. The van der Waals surface area contributed by atoms with Crippen molar-refractivity contribution in [3.05, 3.63) is 37.2 Å². The van der Waals surface area contributed by atoms with Gasteiger partial charge in [0.15, 0.2) is 11.5 Å². The van der Waals surface area contributed by atoms with Gasteiger partial charge in [0.2, 0.25) is 0 Å². The molecule has 2 heterocycles. The van der Waals surface area contributed by atoms with Crippen molar-refractivity contribution in [3.63, 3.8) is 0 Å². The van der Waals surface area contributed by atoms with Gasteiger partial charge in [-0.25, -0.2) is 0 Å². The number of rotatable bonds is 5. The minimum Gasteiger partial charge on any atom is -0.380 e. The minimum absolute atomic E-state index is 0.324. The van der Waals surface area contributed by atoms with E-state index in [9.17, 15) is 0 Å². The fourth-order valence-corrected chi connectivity index (χ4v) is 1.44. The van der Waals surface area contributed by atoms with Crippen molar-refractivity contribution in [2.24, 2.45) is 21.0 Å². The van der Waals surface area contributed by atoms with Gasteiger partial charge in [0.25, 0.3) is 0 Å². The van der Waals surface area contributed by atoms with Crippen molar-refractivity contribution in [1.82, 2.24) is 4.98 Å². The third-order valence-corrected chi connectivity index (χ3v) is 2.34. The van der Waals surface area contributed by atoms with Crippen LogP contribution in [0.4, 0.5) is 5.69 Å². The van der Waals surface area contributed by atoms with Gasteiger partial charge in [-0.3, -0.25) is 10.4 Å². The van der Waals surface area contributed by atoms with Crippen LogP contribution in [0.1, 0.15) is 12.8 Å². The summed E-state index contributed by atoms with van der Waals surface area (Å²) in [5.74, 6) is 0.324. The first-order valence-electron chi connectivity index (χ1n) is 5.56. The van der Waals surface area contributed by atoms with Gasteiger partial charge in [-0.15, -0.1) is 11.7 Å². The quantitative estimate of drug-likeness (QED) is 0.606. The highest BCUT2D eigenvalue weighted by Crippen LogP contribution is 2.07. The van der Waals surface area contributed by atoms with Crippen LogP contribution in [0.2, 0.25) is 0 Å². The zero-order chi connectivity index (χ0) is 12.8. The second kappa shape index (κ2) is 5.72. The fraction of sp³-hybridized carbons (Fsp3) is 0.167. The Kier molecular flexibility index (Phi) is 3.80. The van der Waals surface area contributed by atoms with E-state index in [1.54, 1.807) is 12.4 Å². The van der Waals surface area contributed by atoms with Crippen molar-refractivity contribution >= 4 is 22.9 Å². The molecular weight excluding hydrogens is 228 g/mol. The highest BCUT2D eigenvalue weighted by atomic mass is 15.3. The smallest absolute Gasteiger partial charge is 0.175 e. The molecule has 0 saturated heterocycles. The summed E-state index contributed by atoms with van der Waals surface area (Å²) in [4.78, 5) is 3.98. The predicted octanol–water partition coefficient (Wildman–Crippen LogP) is 1.54. The highest BCUT2D eigenvalue weighted by Gasteiger charge is 2.18. The Labute approximate surface area is 105 Å². The molecule has 0 amide bonds. The number of nitrogens with zero attached hydrogens (tertiary/aromatic N) is 4. The lowest BCUT2D eigenvalue weighted by Crippen LogP contribution is -2.28. The molecule has 6 heteroatoms. The fourth-order valence-electron chi connectivity index (χ4n) is 1.44. The van der Waals surface area contributed by atoms with Crippen molar-refractivity contribution in [1.29, 1.82) is 0 Å². The lowest BCUT2D eigenvalue weighted by Gasteiger charge is -2.03. The van der Waals surface area contributed by atoms with E-state index in [0.29, 0.717) is 11.5 Å².